The third kappa shape index (κ3) is 3.82. The van der Waals surface area contributed by atoms with Crippen LogP contribution in [-0.4, -0.2) is 28.9 Å². The van der Waals surface area contributed by atoms with Gasteiger partial charge in [-0.05, 0) is 48.0 Å². The minimum Gasteiger partial charge on any atom is -0.507 e. The Morgan fingerprint density at radius 1 is 1.13 bits per heavy atom. The van der Waals surface area contributed by atoms with Crippen molar-refractivity contribution in [3.63, 3.8) is 0 Å². The summed E-state index contributed by atoms with van der Waals surface area (Å²) in [5.41, 5.74) is 0.889. The highest BCUT2D eigenvalue weighted by Gasteiger charge is 2.47. The molecule has 1 amide bonds. The van der Waals surface area contributed by atoms with E-state index in [4.69, 9.17) is 16.3 Å². The minimum absolute atomic E-state index is 0.0463. The van der Waals surface area contributed by atoms with Crippen LogP contribution < -0.4 is 9.64 Å². The van der Waals surface area contributed by atoms with E-state index < -0.39 is 17.7 Å². The van der Waals surface area contributed by atoms with Crippen LogP contribution in [-0.2, 0) is 9.59 Å². The van der Waals surface area contributed by atoms with Crippen molar-refractivity contribution in [3.8, 4) is 5.75 Å². The molecule has 1 N–H and O–H groups in total. The van der Waals surface area contributed by atoms with Gasteiger partial charge in [0.1, 0.15) is 17.3 Å². The summed E-state index contributed by atoms with van der Waals surface area (Å²) in [6.45, 7) is 0. The number of rotatable bonds is 4. The molecule has 1 atom stereocenters. The van der Waals surface area contributed by atoms with E-state index in [1.165, 1.54) is 24.3 Å². The molecule has 4 rings (SSSR count). The van der Waals surface area contributed by atoms with E-state index in [0.29, 0.717) is 22.7 Å². The maximum atomic E-state index is 13.1. The molecule has 1 fully saturated rings. The van der Waals surface area contributed by atoms with E-state index in [1.807, 2.05) is 6.07 Å². The third-order valence-electron chi connectivity index (χ3n) is 4.93. The summed E-state index contributed by atoms with van der Waals surface area (Å²) in [6.07, 6.45) is 1.54. The molecule has 31 heavy (non-hydrogen) atoms. The molecule has 0 radical (unpaired) electrons. The van der Waals surface area contributed by atoms with Gasteiger partial charge in [-0.2, -0.15) is 0 Å². The summed E-state index contributed by atoms with van der Waals surface area (Å²) in [5, 5.41) is 11.4. The van der Waals surface area contributed by atoms with Crippen molar-refractivity contribution < 1.29 is 19.4 Å². The van der Waals surface area contributed by atoms with Crippen molar-refractivity contribution in [2.45, 2.75) is 6.04 Å². The first-order valence-corrected chi connectivity index (χ1v) is 10.4. The molecule has 1 aliphatic rings. The largest absolute Gasteiger partial charge is 0.507 e. The summed E-state index contributed by atoms with van der Waals surface area (Å²) in [5.74, 6) is -1.17. The monoisotopic (exact) mass is 498 g/mol. The molecule has 0 spiro atoms. The molecule has 1 saturated heterocycles. The SMILES string of the molecule is COc1ccc(C(O)=C2C(=O)C(=O)N(c3ccccn3)[C@@H]2c2cccc(Br)c2)cc1Cl. The van der Waals surface area contributed by atoms with E-state index in [2.05, 4.69) is 20.9 Å². The van der Waals surface area contributed by atoms with Crippen LogP contribution in [0.1, 0.15) is 17.2 Å². The fourth-order valence-corrected chi connectivity index (χ4v) is 4.20. The number of carbonyl (C=O) groups excluding carboxylic acids is 2. The number of ether oxygens (including phenoxy) is 1. The molecule has 0 saturated carbocycles. The highest BCUT2D eigenvalue weighted by molar-refractivity contribution is 9.10. The maximum Gasteiger partial charge on any atom is 0.301 e. The second-order valence-corrected chi connectivity index (χ2v) is 8.08. The van der Waals surface area contributed by atoms with Crippen LogP contribution in [0.2, 0.25) is 5.02 Å². The molecule has 156 valence electrons. The Morgan fingerprint density at radius 3 is 2.58 bits per heavy atom. The van der Waals surface area contributed by atoms with Crippen LogP contribution >= 0.6 is 27.5 Å². The van der Waals surface area contributed by atoms with Gasteiger partial charge in [-0.15, -0.1) is 0 Å². The number of aliphatic hydroxyl groups is 1. The Hall–Kier alpha value is -3.16. The van der Waals surface area contributed by atoms with Crippen molar-refractivity contribution in [2.24, 2.45) is 0 Å². The molecule has 0 aliphatic carbocycles. The van der Waals surface area contributed by atoms with Crippen LogP contribution in [0.4, 0.5) is 5.82 Å². The molecule has 1 aromatic heterocycles. The van der Waals surface area contributed by atoms with Gasteiger partial charge in [0.15, 0.2) is 0 Å². The predicted molar refractivity (Wildman–Crippen MR) is 121 cm³/mol. The highest BCUT2D eigenvalue weighted by atomic mass is 79.9. The number of Topliss-reactive ketones (excluding diaryl/α,β-unsaturated/α-hetero) is 1. The summed E-state index contributed by atoms with van der Waals surface area (Å²) in [6, 6.07) is 16.1. The zero-order chi connectivity index (χ0) is 22.1. The minimum atomic E-state index is -0.867. The van der Waals surface area contributed by atoms with Crippen LogP contribution in [0.25, 0.3) is 5.76 Å². The van der Waals surface area contributed by atoms with Gasteiger partial charge in [0, 0.05) is 16.2 Å². The first-order valence-electron chi connectivity index (χ1n) is 9.23. The smallest absolute Gasteiger partial charge is 0.301 e. The number of nitrogens with zero attached hydrogens (tertiary/aromatic N) is 2. The number of anilines is 1. The van der Waals surface area contributed by atoms with Crippen LogP contribution in [0.15, 0.2) is 76.9 Å². The normalized spacial score (nSPS) is 17.8. The number of ketones is 1. The topological polar surface area (TPSA) is 79.7 Å². The lowest BCUT2D eigenvalue weighted by molar-refractivity contribution is -0.132. The zero-order valence-corrected chi connectivity index (χ0v) is 18.6. The van der Waals surface area contributed by atoms with Gasteiger partial charge < -0.3 is 9.84 Å². The van der Waals surface area contributed by atoms with E-state index >= 15 is 0 Å². The molecule has 2 aromatic carbocycles. The number of aliphatic hydroxyl groups excluding tert-OH is 1. The van der Waals surface area contributed by atoms with Crippen molar-refractivity contribution >= 4 is 50.8 Å². The molecule has 0 bridgehead atoms. The molecule has 1 aliphatic heterocycles. The van der Waals surface area contributed by atoms with Crippen LogP contribution in [0.5, 0.6) is 5.75 Å². The number of aromatic nitrogens is 1. The molecule has 2 heterocycles. The van der Waals surface area contributed by atoms with E-state index in [-0.39, 0.29) is 16.4 Å². The molecule has 8 heteroatoms. The van der Waals surface area contributed by atoms with Gasteiger partial charge in [0.2, 0.25) is 0 Å². The Labute approximate surface area is 191 Å². The average molecular weight is 500 g/mol. The number of benzene rings is 2. The molecule has 6 nitrogen and oxygen atoms in total. The van der Waals surface area contributed by atoms with Gasteiger partial charge >= 0.3 is 5.91 Å². The lowest BCUT2D eigenvalue weighted by Gasteiger charge is -2.24. The number of methoxy groups -OCH3 is 1. The number of halogens is 2. The van der Waals surface area contributed by atoms with E-state index in [1.54, 1.807) is 48.5 Å². The van der Waals surface area contributed by atoms with Crippen molar-refractivity contribution in [3.05, 3.63) is 93.1 Å². The Balaban J connectivity index is 1.94. The number of pyridine rings is 1. The maximum absolute atomic E-state index is 13.1. The number of carbonyl (C=O) groups is 2. The lowest BCUT2D eigenvalue weighted by atomic mass is 9.95. The van der Waals surface area contributed by atoms with E-state index in [0.717, 1.165) is 4.47 Å². The van der Waals surface area contributed by atoms with Crippen molar-refractivity contribution in [1.82, 2.24) is 4.98 Å². The highest BCUT2D eigenvalue weighted by Crippen LogP contribution is 2.42. The van der Waals surface area contributed by atoms with Crippen LogP contribution in [0.3, 0.4) is 0 Å². The molecule has 3 aromatic rings. The lowest BCUT2D eigenvalue weighted by Crippen LogP contribution is -2.30. The zero-order valence-electron chi connectivity index (χ0n) is 16.3. The van der Waals surface area contributed by atoms with Crippen molar-refractivity contribution in [1.29, 1.82) is 0 Å². The van der Waals surface area contributed by atoms with Gasteiger partial charge in [-0.1, -0.05) is 45.7 Å². The Morgan fingerprint density at radius 2 is 1.94 bits per heavy atom. The second kappa shape index (κ2) is 8.53. The summed E-state index contributed by atoms with van der Waals surface area (Å²) < 4.78 is 5.92. The summed E-state index contributed by atoms with van der Waals surface area (Å²) in [4.78, 5) is 31.6. The first kappa shape index (κ1) is 21.1. The van der Waals surface area contributed by atoms with Crippen LogP contribution in [0, 0.1) is 0 Å². The number of hydrogen-bond donors (Lipinski definition) is 1. The van der Waals surface area contributed by atoms with Gasteiger partial charge in [-0.25, -0.2) is 4.98 Å². The standard InChI is InChI=1S/C23H16BrClN2O4/c1-31-17-9-8-14(12-16(17)25)21(28)19-20(13-5-4-6-15(24)11-13)27(23(30)22(19)29)18-7-2-3-10-26-18/h2-12,20,28H,1H3/t20-/m1/s1. The average Bonchev–Trinajstić information content (AvgIpc) is 3.04. The molecular formula is C23H16BrClN2O4. The van der Waals surface area contributed by atoms with Gasteiger partial charge in [0.25, 0.3) is 5.78 Å². The summed E-state index contributed by atoms with van der Waals surface area (Å²) >= 11 is 9.64. The Bertz CT molecular complexity index is 1210. The third-order valence-corrected chi connectivity index (χ3v) is 5.72. The molecule has 0 unspecified atom stereocenters. The fraction of sp³-hybridized carbons (Fsp3) is 0.0870. The van der Waals surface area contributed by atoms with Gasteiger partial charge in [-0.3, -0.25) is 14.5 Å². The fourth-order valence-electron chi connectivity index (χ4n) is 3.53. The second-order valence-electron chi connectivity index (χ2n) is 6.76. The van der Waals surface area contributed by atoms with Gasteiger partial charge in [0.05, 0.1) is 23.7 Å². The quantitative estimate of drug-likeness (QED) is 0.306. The number of amides is 1. The summed E-state index contributed by atoms with van der Waals surface area (Å²) in [7, 11) is 1.48. The first-order chi connectivity index (χ1) is 14.9. The van der Waals surface area contributed by atoms with E-state index in [9.17, 15) is 14.7 Å². The number of hydrogen-bond acceptors (Lipinski definition) is 5. The predicted octanol–water partition coefficient (Wildman–Crippen LogP) is 5.13. The molecular weight excluding hydrogens is 484 g/mol. The van der Waals surface area contributed by atoms with Crippen molar-refractivity contribution in [2.75, 3.05) is 12.0 Å². The Kier molecular flexibility index (Phi) is 5.80.